The normalized spacial score (nSPS) is 21.8. The van der Waals surface area contributed by atoms with Crippen molar-refractivity contribution in [2.45, 2.75) is 39.2 Å². The van der Waals surface area contributed by atoms with Crippen molar-refractivity contribution in [1.82, 2.24) is 5.32 Å². The van der Waals surface area contributed by atoms with Crippen LogP contribution in [-0.2, 0) is 14.3 Å². The van der Waals surface area contributed by atoms with Crippen molar-refractivity contribution in [2.75, 3.05) is 26.9 Å². The van der Waals surface area contributed by atoms with Gasteiger partial charge in [0.05, 0.1) is 25.7 Å². The summed E-state index contributed by atoms with van der Waals surface area (Å²) in [7, 11) is 1.41. The summed E-state index contributed by atoms with van der Waals surface area (Å²) < 4.78 is 10.3. The highest BCUT2D eigenvalue weighted by molar-refractivity contribution is 5.75. The molecular weight excluding hydrogens is 206 g/mol. The van der Waals surface area contributed by atoms with Crippen LogP contribution in [0.4, 0.5) is 0 Å². The molecule has 0 spiro atoms. The molecule has 4 heteroatoms. The predicted molar refractivity (Wildman–Crippen MR) is 62.3 cm³/mol. The first-order valence-electron chi connectivity index (χ1n) is 5.96. The maximum atomic E-state index is 11.4. The Morgan fingerprint density at radius 2 is 2.19 bits per heavy atom. The minimum atomic E-state index is -0.552. The van der Waals surface area contributed by atoms with Gasteiger partial charge in [0.1, 0.15) is 0 Å². The zero-order valence-corrected chi connectivity index (χ0v) is 10.5. The second kappa shape index (κ2) is 6.21. The summed E-state index contributed by atoms with van der Waals surface area (Å²) in [5.41, 5.74) is -0.552. The molecule has 1 fully saturated rings. The summed E-state index contributed by atoms with van der Waals surface area (Å²) in [4.78, 5) is 11.4. The number of rotatable bonds is 5. The zero-order valence-electron chi connectivity index (χ0n) is 10.5. The minimum Gasteiger partial charge on any atom is -0.469 e. The van der Waals surface area contributed by atoms with Gasteiger partial charge in [-0.15, -0.1) is 0 Å². The van der Waals surface area contributed by atoms with Gasteiger partial charge < -0.3 is 14.8 Å². The third kappa shape index (κ3) is 4.10. The summed E-state index contributed by atoms with van der Waals surface area (Å²) in [5, 5.41) is 3.41. The quantitative estimate of drug-likeness (QED) is 0.723. The Kier molecular flexibility index (Phi) is 5.22. The van der Waals surface area contributed by atoms with Gasteiger partial charge in [-0.1, -0.05) is 6.42 Å². The van der Waals surface area contributed by atoms with Gasteiger partial charge in [-0.2, -0.15) is 0 Å². The van der Waals surface area contributed by atoms with Gasteiger partial charge in [0, 0.05) is 6.04 Å². The number of hydrogen-bond acceptors (Lipinski definition) is 4. The number of carbonyl (C=O) groups is 1. The molecule has 1 heterocycles. The molecule has 1 rings (SSSR count). The van der Waals surface area contributed by atoms with E-state index in [1.807, 2.05) is 13.8 Å². The van der Waals surface area contributed by atoms with Gasteiger partial charge in [-0.3, -0.25) is 4.79 Å². The highest BCUT2D eigenvalue weighted by atomic mass is 16.5. The third-order valence-corrected chi connectivity index (χ3v) is 2.93. The fraction of sp³-hybridized carbons (Fsp3) is 0.917. The van der Waals surface area contributed by atoms with E-state index in [1.54, 1.807) is 0 Å². The molecular formula is C12H23NO3. The Morgan fingerprint density at radius 3 is 2.75 bits per heavy atom. The number of ether oxygens (including phenoxy) is 2. The molecule has 0 aromatic heterocycles. The average Bonchev–Trinajstić information content (AvgIpc) is 2.29. The van der Waals surface area contributed by atoms with Gasteiger partial charge in [0.2, 0.25) is 0 Å². The summed E-state index contributed by atoms with van der Waals surface area (Å²) >= 11 is 0. The van der Waals surface area contributed by atoms with Crippen molar-refractivity contribution in [3.05, 3.63) is 0 Å². The number of esters is 1. The van der Waals surface area contributed by atoms with E-state index in [0.29, 0.717) is 19.3 Å². The lowest BCUT2D eigenvalue weighted by Gasteiger charge is -2.26. The number of hydrogen-bond donors (Lipinski definition) is 1. The highest BCUT2D eigenvalue weighted by Gasteiger charge is 2.29. The first-order valence-corrected chi connectivity index (χ1v) is 5.96. The van der Waals surface area contributed by atoms with E-state index in [4.69, 9.17) is 9.47 Å². The van der Waals surface area contributed by atoms with Crippen LogP contribution in [0.15, 0.2) is 0 Å². The van der Waals surface area contributed by atoms with Crippen LogP contribution in [0.25, 0.3) is 0 Å². The fourth-order valence-corrected chi connectivity index (χ4v) is 1.86. The number of carbonyl (C=O) groups excluding carboxylic acids is 1. The lowest BCUT2D eigenvalue weighted by atomic mass is 9.95. The topological polar surface area (TPSA) is 47.6 Å². The van der Waals surface area contributed by atoms with E-state index in [2.05, 4.69) is 5.32 Å². The number of nitrogens with one attached hydrogen (secondary N) is 1. The lowest BCUT2D eigenvalue weighted by Crippen LogP contribution is -2.39. The Hall–Kier alpha value is -0.610. The maximum absolute atomic E-state index is 11.4. The Morgan fingerprint density at radius 1 is 1.44 bits per heavy atom. The van der Waals surface area contributed by atoms with Crippen LogP contribution in [0, 0.1) is 5.41 Å². The predicted octanol–water partition coefficient (Wildman–Crippen LogP) is 1.34. The number of methoxy groups -OCH3 is 1. The van der Waals surface area contributed by atoms with Crippen molar-refractivity contribution in [1.29, 1.82) is 0 Å². The second-order valence-electron chi connectivity index (χ2n) is 5.04. The van der Waals surface area contributed by atoms with E-state index in [1.165, 1.54) is 26.4 Å². The van der Waals surface area contributed by atoms with Gasteiger partial charge in [-0.05, 0) is 33.2 Å². The molecule has 1 unspecified atom stereocenters. The van der Waals surface area contributed by atoms with Crippen LogP contribution >= 0.6 is 0 Å². The molecule has 0 aromatic carbocycles. The second-order valence-corrected chi connectivity index (χ2v) is 5.04. The molecule has 0 aromatic rings. The molecule has 16 heavy (non-hydrogen) atoms. The first-order chi connectivity index (χ1) is 7.56. The van der Waals surface area contributed by atoms with Crippen LogP contribution in [0.2, 0.25) is 0 Å². The molecule has 1 N–H and O–H groups in total. The largest absolute Gasteiger partial charge is 0.469 e. The molecule has 4 nitrogen and oxygen atoms in total. The maximum Gasteiger partial charge on any atom is 0.313 e. The smallest absolute Gasteiger partial charge is 0.313 e. The van der Waals surface area contributed by atoms with E-state index in [0.717, 1.165) is 6.54 Å². The summed E-state index contributed by atoms with van der Waals surface area (Å²) in [6.45, 7) is 5.85. The average molecular weight is 229 g/mol. The van der Waals surface area contributed by atoms with Crippen molar-refractivity contribution in [2.24, 2.45) is 5.41 Å². The van der Waals surface area contributed by atoms with Crippen LogP contribution < -0.4 is 5.32 Å². The van der Waals surface area contributed by atoms with E-state index < -0.39 is 5.41 Å². The summed E-state index contributed by atoms with van der Waals surface area (Å²) in [6, 6.07) is 0.446. The van der Waals surface area contributed by atoms with Gasteiger partial charge in [0.25, 0.3) is 0 Å². The van der Waals surface area contributed by atoms with E-state index in [9.17, 15) is 4.79 Å². The van der Waals surface area contributed by atoms with E-state index in [-0.39, 0.29) is 5.97 Å². The van der Waals surface area contributed by atoms with Crippen LogP contribution in [0.5, 0.6) is 0 Å². The molecule has 0 radical (unpaired) electrons. The third-order valence-electron chi connectivity index (χ3n) is 2.93. The van der Waals surface area contributed by atoms with Crippen LogP contribution in [-0.4, -0.2) is 38.9 Å². The molecule has 0 aliphatic carbocycles. The van der Waals surface area contributed by atoms with E-state index >= 15 is 0 Å². The molecule has 1 aliphatic rings. The SMILES string of the molecule is COC(=O)C(C)(C)COCC1CCCCN1. The molecule has 1 atom stereocenters. The van der Waals surface area contributed by atoms with Gasteiger partial charge in [-0.25, -0.2) is 0 Å². The lowest BCUT2D eigenvalue weighted by molar-refractivity contribution is -0.154. The molecule has 94 valence electrons. The summed E-state index contributed by atoms with van der Waals surface area (Å²) in [6.07, 6.45) is 3.68. The molecule has 0 saturated carbocycles. The standard InChI is InChI=1S/C12H23NO3/c1-12(2,11(14)15-3)9-16-8-10-6-4-5-7-13-10/h10,13H,4-9H2,1-3H3. The van der Waals surface area contributed by atoms with Crippen molar-refractivity contribution in [3.8, 4) is 0 Å². The summed E-state index contributed by atoms with van der Waals surface area (Å²) in [5.74, 6) is -0.218. The van der Waals surface area contributed by atoms with Gasteiger partial charge >= 0.3 is 5.97 Å². The van der Waals surface area contributed by atoms with Gasteiger partial charge in [0.15, 0.2) is 0 Å². The minimum absolute atomic E-state index is 0.218. The molecule has 0 bridgehead atoms. The zero-order chi connectivity index (χ0) is 12.0. The van der Waals surface area contributed by atoms with Crippen molar-refractivity contribution < 1.29 is 14.3 Å². The highest BCUT2D eigenvalue weighted by Crippen LogP contribution is 2.18. The van der Waals surface area contributed by atoms with Crippen LogP contribution in [0.3, 0.4) is 0 Å². The van der Waals surface area contributed by atoms with Crippen molar-refractivity contribution in [3.63, 3.8) is 0 Å². The number of piperidine rings is 1. The molecule has 0 amide bonds. The Labute approximate surface area is 97.7 Å². The Balaban J connectivity index is 2.20. The fourth-order valence-electron chi connectivity index (χ4n) is 1.86. The Bertz CT molecular complexity index is 222. The van der Waals surface area contributed by atoms with Crippen LogP contribution in [0.1, 0.15) is 33.1 Å². The monoisotopic (exact) mass is 229 g/mol. The first kappa shape index (κ1) is 13.5. The van der Waals surface area contributed by atoms with Crippen molar-refractivity contribution >= 4 is 5.97 Å². The molecule has 1 saturated heterocycles. The molecule has 1 aliphatic heterocycles.